The highest BCUT2D eigenvalue weighted by molar-refractivity contribution is 7.22. The Labute approximate surface area is 527 Å². The number of aromatic nitrogens is 2. The number of benzene rings is 2. The van der Waals surface area contributed by atoms with Crippen LogP contribution in [0, 0.1) is 41.4 Å². The number of halogens is 1. The van der Waals surface area contributed by atoms with E-state index in [9.17, 15) is 53.7 Å². The van der Waals surface area contributed by atoms with Gasteiger partial charge in [0.15, 0.2) is 16.0 Å². The van der Waals surface area contributed by atoms with E-state index < -0.39 is 82.0 Å². The monoisotopic (exact) mass is 1270 g/mol. The van der Waals surface area contributed by atoms with E-state index in [1.54, 1.807) is 48.7 Å². The molecule has 2 aliphatic carbocycles. The van der Waals surface area contributed by atoms with Gasteiger partial charge in [0.2, 0.25) is 11.8 Å². The number of esters is 2. The fourth-order valence-corrected chi connectivity index (χ4v) is 14.6. The van der Waals surface area contributed by atoms with Gasteiger partial charge < -0.3 is 44.1 Å². The first-order valence-corrected chi connectivity index (χ1v) is 32.8. The van der Waals surface area contributed by atoms with E-state index in [-0.39, 0.29) is 86.8 Å². The third-order valence-corrected chi connectivity index (χ3v) is 19.3. The number of aliphatic hydroxyl groups is 1. The van der Waals surface area contributed by atoms with Crippen LogP contribution in [0.3, 0.4) is 0 Å². The summed E-state index contributed by atoms with van der Waals surface area (Å²) in [5.41, 5.74) is -0.636. The average molecular weight is 1270 g/mol. The highest BCUT2D eigenvalue weighted by atomic mass is 35.5. The topological polar surface area (TPSA) is 266 Å². The number of carbonyl (C=O) groups excluding carboxylic acids is 6. The van der Waals surface area contributed by atoms with Gasteiger partial charge in [-0.3, -0.25) is 38.4 Å². The number of amides is 2. The van der Waals surface area contributed by atoms with Gasteiger partial charge in [-0.25, -0.2) is 9.97 Å². The molecule has 0 bridgehead atoms. The molecule has 3 N–H and O–H groups in total. The quantitative estimate of drug-likeness (QED) is 0.104. The molecule has 22 heteroatoms. The number of methoxy groups -OCH3 is 1. The Morgan fingerprint density at radius 2 is 1.17 bits per heavy atom. The summed E-state index contributed by atoms with van der Waals surface area (Å²) in [5, 5.41) is 30.6. The number of fused-ring (bicyclic) bond motifs is 6. The molecule has 0 radical (unpaired) electrons. The number of rotatable bonds is 9. The number of thiazole rings is 2. The average Bonchev–Trinajstić information content (AvgIpc) is 1.76. The number of Topliss-reactive ketones (excluding diaryl/α,β-unsaturated/α-hetero) is 2. The summed E-state index contributed by atoms with van der Waals surface area (Å²) in [6, 6.07) is 9.95. The zero-order chi connectivity index (χ0) is 63.9. The zero-order valence-corrected chi connectivity index (χ0v) is 54.1. The molecule has 88 heavy (non-hydrogen) atoms. The molecule has 2 saturated heterocycles. The number of carboxylic acids is 2. The maximum absolute atomic E-state index is 14.2. The van der Waals surface area contributed by atoms with Crippen LogP contribution in [0.25, 0.3) is 20.4 Å². The molecule has 2 aromatic carbocycles. The van der Waals surface area contributed by atoms with Crippen molar-refractivity contribution in [3.8, 4) is 10.9 Å². The van der Waals surface area contributed by atoms with Gasteiger partial charge in [-0.2, -0.15) is 0 Å². The second kappa shape index (κ2) is 28.7. The summed E-state index contributed by atoms with van der Waals surface area (Å²) >= 11 is 8.62. The molecule has 10 atom stereocenters. The van der Waals surface area contributed by atoms with Gasteiger partial charge in [-0.1, -0.05) is 79.0 Å². The van der Waals surface area contributed by atoms with Crippen LogP contribution in [0.2, 0.25) is 4.47 Å². The zero-order valence-electron chi connectivity index (χ0n) is 51.8. The fourth-order valence-electron chi connectivity index (χ4n) is 12.5. The van der Waals surface area contributed by atoms with Crippen molar-refractivity contribution >= 4 is 102 Å². The normalized spacial score (nSPS) is 28.7. The number of aliphatic carboxylic acids is 2. The first-order valence-electron chi connectivity index (χ1n) is 30.8. The van der Waals surface area contributed by atoms with Crippen molar-refractivity contribution in [3.05, 3.63) is 70.7 Å². The Hall–Kier alpha value is -6.29. The van der Waals surface area contributed by atoms with Crippen LogP contribution in [0.15, 0.2) is 60.7 Å². The maximum Gasteiger partial charge on any atom is 0.310 e. The fraction of sp³-hybridized carbons (Fsp3) is 0.606. The first-order chi connectivity index (χ1) is 41.6. The van der Waals surface area contributed by atoms with E-state index in [0.29, 0.717) is 41.1 Å². The molecule has 6 heterocycles. The lowest BCUT2D eigenvalue weighted by molar-refractivity contribution is -0.159. The molecule has 2 aromatic heterocycles. The second-order valence-electron chi connectivity index (χ2n) is 26.6. The third kappa shape index (κ3) is 17.6. The van der Waals surface area contributed by atoms with Crippen LogP contribution in [0.5, 0.6) is 10.9 Å². The van der Waals surface area contributed by atoms with Gasteiger partial charge in [0, 0.05) is 44.1 Å². The summed E-state index contributed by atoms with van der Waals surface area (Å²) < 4.78 is 25.2. The van der Waals surface area contributed by atoms with Crippen molar-refractivity contribution in [2.45, 2.75) is 200 Å². The smallest absolute Gasteiger partial charge is 0.310 e. The van der Waals surface area contributed by atoms with Crippen LogP contribution >= 0.6 is 34.3 Å². The van der Waals surface area contributed by atoms with Crippen molar-refractivity contribution in [2.24, 2.45) is 34.5 Å². The number of ether oxygens (including phenoxy) is 4. The van der Waals surface area contributed by atoms with Crippen LogP contribution < -0.4 is 9.47 Å². The number of allylic oxidation sites excluding steroid dienone is 4. The number of aryl methyl sites for hydroxylation is 1. The standard InChI is InChI=1S/C33H42N2O8S.C25H37NO7.C8H6ClNS/c1-32(2,3)43-28(37)14-20-10-8-6-5-7-9-11-21-17-33(21,30(39)40)18-26(36)25-15-23(19-35(25)29(20)38)42-31-34-24-13-12-22(41-4)16-27(24)44-31;1-24(2,3)33-21(29)11-16-9-7-5-4-6-8-10-17-13-25(17,23(31)32)14-20(28)19-12-18(27)15-26(19)22(16)30;1-5-2-3-6-7(4-5)11-8(9)10-6/h9,11-13,16,20-21,23,25H,5-8,10,14-15,17-19H2,1-4H3,(H,39,40);8,10,16-19,27H,4-7,9,11-15H2,1-3H3,(H,31,32);2-4H,1H3/b11-9-;10-8-;/t20-,21-,23-,25+,33-;16-,17-,18-,19+,25-;/m11./s1. The molecule has 10 rings (SSSR count). The van der Waals surface area contributed by atoms with Crippen molar-refractivity contribution in [2.75, 3.05) is 20.2 Å². The third-order valence-electron chi connectivity index (χ3n) is 17.3. The summed E-state index contributed by atoms with van der Waals surface area (Å²) in [7, 11) is 1.59. The van der Waals surface area contributed by atoms with E-state index >= 15 is 0 Å². The first kappa shape index (κ1) is 67.6. The van der Waals surface area contributed by atoms with E-state index in [4.69, 9.17) is 30.5 Å². The van der Waals surface area contributed by atoms with Crippen molar-refractivity contribution in [1.29, 1.82) is 0 Å². The molecule has 0 spiro atoms. The van der Waals surface area contributed by atoms with E-state index in [2.05, 4.69) is 23.0 Å². The van der Waals surface area contributed by atoms with E-state index in [0.717, 1.165) is 71.8 Å². The highest BCUT2D eigenvalue weighted by Crippen LogP contribution is 2.58. The lowest BCUT2D eigenvalue weighted by Crippen LogP contribution is -2.45. The minimum absolute atomic E-state index is 0.0173. The minimum atomic E-state index is -1.15. The summed E-state index contributed by atoms with van der Waals surface area (Å²) in [6.07, 6.45) is 14.8. The van der Waals surface area contributed by atoms with Gasteiger partial charge in [-0.05, 0) is 148 Å². The predicted octanol–water partition coefficient (Wildman–Crippen LogP) is 11.7. The molecule has 2 amide bonds. The van der Waals surface area contributed by atoms with Gasteiger partial charge >= 0.3 is 23.9 Å². The largest absolute Gasteiger partial charge is 0.497 e. The number of ketones is 2. The van der Waals surface area contributed by atoms with Crippen LogP contribution in [0.1, 0.15) is 163 Å². The van der Waals surface area contributed by atoms with Crippen LogP contribution in [-0.2, 0) is 47.8 Å². The van der Waals surface area contributed by atoms with Crippen molar-refractivity contribution in [1.82, 2.24) is 19.8 Å². The number of aliphatic hydroxyl groups excluding tert-OH is 1. The van der Waals surface area contributed by atoms with Gasteiger partial charge in [0.25, 0.3) is 5.19 Å². The van der Waals surface area contributed by atoms with Crippen LogP contribution in [-0.4, -0.2) is 138 Å². The summed E-state index contributed by atoms with van der Waals surface area (Å²) in [5.74, 6) is -5.11. The summed E-state index contributed by atoms with van der Waals surface area (Å²) in [6.45, 7) is 12.9. The molecular formula is C66H85ClN4O15S2. The molecule has 19 nitrogen and oxygen atoms in total. The Balaban J connectivity index is 0.000000199. The van der Waals surface area contributed by atoms with Gasteiger partial charge in [0.05, 0.1) is 75.9 Å². The molecule has 6 aliphatic rings. The van der Waals surface area contributed by atoms with Gasteiger partial charge in [-0.15, -0.1) is 11.3 Å². The van der Waals surface area contributed by atoms with Crippen molar-refractivity contribution < 1.29 is 72.6 Å². The Morgan fingerprint density at radius 1 is 0.670 bits per heavy atom. The van der Waals surface area contributed by atoms with E-state index in [1.165, 1.54) is 38.0 Å². The number of hydrogen-bond acceptors (Lipinski definition) is 17. The second-order valence-corrected chi connectivity index (χ2v) is 29.2. The highest BCUT2D eigenvalue weighted by Gasteiger charge is 2.62. The molecular weight excluding hydrogens is 1190 g/mol. The Kier molecular flexibility index (Phi) is 22.0. The number of hydrogen-bond donors (Lipinski definition) is 3. The summed E-state index contributed by atoms with van der Waals surface area (Å²) in [4.78, 5) is 116. The minimum Gasteiger partial charge on any atom is -0.497 e. The van der Waals surface area contributed by atoms with E-state index in [1.807, 2.05) is 54.6 Å². The maximum atomic E-state index is 14.2. The molecule has 2 saturated carbocycles. The molecule has 4 aromatic rings. The molecule has 478 valence electrons. The number of nitrogens with zero attached hydrogens (tertiary/aromatic N) is 4. The number of carboxylic acid groups (broad SMARTS) is 2. The Morgan fingerprint density at radius 3 is 1.69 bits per heavy atom. The van der Waals surface area contributed by atoms with Crippen LogP contribution in [0.4, 0.5) is 0 Å². The van der Waals surface area contributed by atoms with Gasteiger partial charge in [0.1, 0.15) is 23.1 Å². The van der Waals surface area contributed by atoms with Crippen molar-refractivity contribution in [3.63, 3.8) is 0 Å². The predicted molar refractivity (Wildman–Crippen MR) is 334 cm³/mol. The Bertz CT molecular complexity index is 3290. The molecule has 4 aliphatic heterocycles. The number of carbonyl (C=O) groups is 8. The lowest BCUT2D eigenvalue weighted by Gasteiger charge is -2.29. The molecule has 4 fully saturated rings. The SMILES string of the molecule is CC(C)(C)OC(=O)C[C@H]1CCCCC/C=C\[C@@H]2C[C@@]2(C(=O)O)CC(=O)[C@@H]2C[C@@H](O)CN2C1=O.COc1ccc2nc(O[C@@H]3C[C@H]4C(=O)C[C@]5(C(=O)O)C[C@H]5/C=C\CCCCC[C@H](CC(=O)OC(C)(C)C)C(=O)N4C3)sc2c1.Cc1ccc2nc(Cl)sc2c1. The molecule has 0 unspecified atom stereocenters. The lowest BCUT2D eigenvalue weighted by atomic mass is 9.91.